The molecule has 0 amide bonds. The summed E-state index contributed by atoms with van der Waals surface area (Å²) in [6.45, 7) is 3.98. The number of nitrogens with one attached hydrogen (secondary N) is 1. The minimum Gasteiger partial charge on any atom is -0.366 e. The number of aliphatic hydroxyl groups excluding tert-OH is 1. The Morgan fingerprint density at radius 1 is 1.00 bits per heavy atom. The molecule has 0 saturated heterocycles. The number of nitrogens with zero attached hydrogens (tertiary/aromatic N) is 4. The van der Waals surface area contributed by atoms with E-state index in [-0.39, 0.29) is 0 Å². The molecule has 2 aromatic heterocycles. The smallest absolute Gasteiger partial charge is 0.204 e. The van der Waals surface area contributed by atoms with Crippen LogP contribution >= 0.6 is 0 Å². The van der Waals surface area contributed by atoms with Crippen LogP contribution in [0.15, 0.2) is 96.6 Å². The Morgan fingerprint density at radius 2 is 1.74 bits per heavy atom. The number of hydrogen-bond donors (Lipinski definition) is 3. The van der Waals surface area contributed by atoms with Crippen LogP contribution in [0.5, 0.6) is 0 Å². The first-order valence-corrected chi connectivity index (χ1v) is 11.6. The van der Waals surface area contributed by atoms with E-state index in [1.54, 1.807) is 0 Å². The zero-order valence-electron chi connectivity index (χ0n) is 19.6. The van der Waals surface area contributed by atoms with Crippen molar-refractivity contribution in [2.24, 2.45) is 0 Å². The first-order valence-electron chi connectivity index (χ1n) is 11.6. The zero-order valence-corrected chi connectivity index (χ0v) is 19.6. The Morgan fingerprint density at radius 3 is 2.43 bits per heavy atom. The second-order valence-corrected chi connectivity index (χ2v) is 8.39. The normalized spacial score (nSPS) is 14.4. The van der Waals surface area contributed by atoms with Crippen molar-refractivity contribution in [2.75, 3.05) is 0 Å². The largest absolute Gasteiger partial charge is 0.366 e. The lowest BCUT2D eigenvalue weighted by Gasteiger charge is -2.40. The number of para-hydroxylation sites is 1. The third kappa shape index (κ3) is 3.56. The molecule has 0 saturated carbocycles. The molecule has 7 nitrogen and oxygen atoms in total. The van der Waals surface area contributed by atoms with Gasteiger partial charge >= 0.3 is 0 Å². The van der Waals surface area contributed by atoms with Gasteiger partial charge in [-0.25, -0.2) is 0 Å². The van der Waals surface area contributed by atoms with Crippen molar-refractivity contribution in [3.8, 4) is 11.4 Å². The number of rotatable bonds is 7. The van der Waals surface area contributed by atoms with Crippen LogP contribution in [0.25, 0.3) is 33.2 Å². The van der Waals surface area contributed by atoms with Gasteiger partial charge in [0, 0.05) is 16.3 Å². The molecule has 0 aliphatic carbocycles. The van der Waals surface area contributed by atoms with Gasteiger partial charge < -0.3 is 14.8 Å². The number of benzene rings is 3. The highest BCUT2D eigenvalue weighted by atomic mass is 16.5. The van der Waals surface area contributed by atoms with Gasteiger partial charge in [0.2, 0.25) is 5.82 Å². The predicted octanol–water partition coefficient (Wildman–Crippen LogP) is 4.94. The first-order chi connectivity index (χ1) is 17.1. The van der Waals surface area contributed by atoms with E-state index in [0.29, 0.717) is 5.82 Å². The molecule has 5 rings (SSSR count). The van der Waals surface area contributed by atoms with E-state index >= 15 is 0 Å². The van der Waals surface area contributed by atoms with Crippen LogP contribution < -0.4 is 0 Å². The van der Waals surface area contributed by atoms with Crippen LogP contribution in [0.4, 0.5) is 0 Å². The van der Waals surface area contributed by atoms with Crippen molar-refractivity contribution in [2.45, 2.75) is 32.1 Å². The minimum absolute atomic E-state index is 0.501. The number of tetrazole rings is 1. The average Bonchev–Trinajstić information content (AvgIpc) is 3.53. The maximum atomic E-state index is 11.3. The summed E-state index contributed by atoms with van der Waals surface area (Å²) in [6.07, 6.45) is 4.96. The molecular weight excluding hydrogens is 438 g/mol. The number of allylic oxidation sites excluding steroid dienone is 3. The summed E-state index contributed by atoms with van der Waals surface area (Å²) in [4.78, 5) is 0. The Kier molecular flexibility index (Phi) is 6.03. The molecule has 0 radical (unpaired) electrons. The molecule has 35 heavy (non-hydrogen) atoms. The average molecular weight is 466 g/mol. The summed E-state index contributed by atoms with van der Waals surface area (Å²) in [7, 11) is 0. The van der Waals surface area contributed by atoms with E-state index in [4.69, 9.17) is 0 Å². The van der Waals surface area contributed by atoms with E-state index in [0.717, 1.165) is 44.9 Å². The molecule has 0 aliphatic rings. The fourth-order valence-electron chi connectivity index (χ4n) is 5.06. The molecule has 176 valence electrons. The number of aromatic nitrogens is 5. The van der Waals surface area contributed by atoms with Crippen molar-refractivity contribution in [1.29, 1.82) is 0 Å². The first kappa shape index (κ1) is 22.7. The van der Waals surface area contributed by atoms with Crippen molar-refractivity contribution in [3.05, 3.63) is 102 Å². The lowest BCUT2D eigenvalue weighted by Crippen LogP contribution is -2.47. The van der Waals surface area contributed by atoms with E-state index in [2.05, 4.69) is 31.3 Å². The molecule has 5 aromatic rings. The van der Waals surface area contributed by atoms with Crippen molar-refractivity contribution in [1.82, 2.24) is 25.2 Å². The molecule has 3 N–H and O–H groups in total. The standard InChI is InChI=1S/C28H27N5O2/c1-3-10-20(11-4-2)28(27(34)35,21-12-6-5-7-13-21)33-24-15-9-8-14-22(24)23-18-19(16-17-25(23)33)26-29-31-32-30-26/h3,5-18,27,34-35H,4H2,1-2H3,(H,29,30,31,32)/b10-3-,20-11+. The molecular formula is C28H27N5O2. The fraction of sp³-hybridized carbons (Fsp3) is 0.179. The second kappa shape index (κ2) is 9.29. The molecule has 0 bridgehead atoms. The van der Waals surface area contributed by atoms with Gasteiger partial charge in [-0.3, -0.25) is 0 Å². The van der Waals surface area contributed by atoms with Crippen molar-refractivity contribution >= 4 is 21.8 Å². The number of aliphatic hydroxyl groups is 2. The van der Waals surface area contributed by atoms with Gasteiger partial charge in [0.1, 0.15) is 5.54 Å². The summed E-state index contributed by atoms with van der Waals surface area (Å²) in [5.41, 5.74) is 2.85. The molecule has 1 unspecified atom stereocenters. The van der Waals surface area contributed by atoms with Crippen LogP contribution in [0, 0.1) is 0 Å². The van der Waals surface area contributed by atoms with Crippen molar-refractivity contribution < 1.29 is 10.2 Å². The summed E-state index contributed by atoms with van der Waals surface area (Å²) in [5, 5.41) is 38.9. The summed E-state index contributed by atoms with van der Waals surface area (Å²) in [5.74, 6) is 0.501. The fourth-order valence-corrected chi connectivity index (χ4v) is 5.06. The van der Waals surface area contributed by atoms with Gasteiger partial charge in [0.15, 0.2) is 6.29 Å². The number of hydrogen-bond acceptors (Lipinski definition) is 5. The van der Waals surface area contributed by atoms with Gasteiger partial charge in [-0.05, 0) is 54.0 Å². The lowest BCUT2D eigenvalue weighted by atomic mass is 9.80. The molecule has 0 spiro atoms. The Labute approximate surface area is 203 Å². The third-order valence-corrected chi connectivity index (χ3v) is 6.43. The second-order valence-electron chi connectivity index (χ2n) is 8.39. The van der Waals surface area contributed by atoms with E-state index in [9.17, 15) is 10.2 Å². The molecule has 0 fully saturated rings. The van der Waals surface area contributed by atoms with E-state index in [1.807, 2.05) is 98.8 Å². The summed E-state index contributed by atoms with van der Waals surface area (Å²) in [6, 6.07) is 23.6. The number of fused-ring (bicyclic) bond motifs is 3. The molecule has 7 heteroatoms. The summed E-state index contributed by atoms with van der Waals surface area (Å²) >= 11 is 0. The summed E-state index contributed by atoms with van der Waals surface area (Å²) < 4.78 is 2.05. The van der Waals surface area contributed by atoms with Crippen LogP contribution in [0.2, 0.25) is 0 Å². The molecule has 1 atom stereocenters. The zero-order chi connectivity index (χ0) is 24.4. The van der Waals surface area contributed by atoms with Gasteiger partial charge in [-0.2, -0.15) is 5.21 Å². The maximum Gasteiger partial charge on any atom is 0.204 e. The van der Waals surface area contributed by atoms with Crippen molar-refractivity contribution in [3.63, 3.8) is 0 Å². The Hall–Kier alpha value is -4.07. The van der Waals surface area contributed by atoms with Crippen LogP contribution in [0.3, 0.4) is 0 Å². The molecule has 2 heterocycles. The molecule has 0 aliphatic heterocycles. The third-order valence-electron chi connectivity index (χ3n) is 6.43. The maximum absolute atomic E-state index is 11.3. The Bertz CT molecular complexity index is 1520. The highest BCUT2D eigenvalue weighted by Gasteiger charge is 2.45. The highest BCUT2D eigenvalue weighted by molar-refractivity contribution is 6.09. The van der Waals surface area contributed by atoms with E-state index in [1.165, 1.54) is 0 Å². The number of aromatic amines is 1. The minimum atomic E-state index is -1.73. The number of H-pyrrole nitrogens is 1. The Balaban J connectivity index is 1.96. The van der Waals surface area contributed by atoms with Gasteiger partial charge in [0.25, 0.3) is 0 Å². The van der Waals surface area contributed by atoms with Crippen LogP contribution in [0.1, 0.15) is 25.8 Å². The van der Waals surface area contributed by atoms with Crippen LogP contribution in [-0.4, -0.2) is 41.7 Å². The van der Waals surface area contributed by atoms with Gasteiger partial charge in [-0.1, -0.05) is 73.7 Å². The van der Waals surface area contributed by atoms with E-state index < -0.39 is 11.8 Å². The topological polar surface area (TPSA) is 99.9 Å². The van der Waals surface area contributed by atoms with Crippen LogP contribution in [-0.2, 0) is 5.54 Å². The highest BCUT2D eigenvalue weighted by Crippen LogP contribution is 2.45. The monoisotopic (exact) mass is 465 g/mol. The predicted molar refractivity (Wildman–Crippen MR) is 138 cm³/mol. The SMILES string of the molecule is C/C=C\C(=C/CC)C(c1ccccc1)(C(O)O)n1c2ccccc2c2cc(-c3nn[nH]n3)ccc21. The lowest BCUT2D eigenvalue weighted by molar-refractivity contribution is -0.0945. The quantitative estimate of drug-likeness (QED) is 0.233. The van der Waals surface area contributed by atoms with Gasteiger partial charge in [0.05, 0.1) is 11.0 Å². The molecule has 3 aromatic carbocycles. The van der Waals surface area contributed by atoms with Gasteiger partial charge in [-0.15, -0.1) is 10.2 Å².